The van der Waals surface area contributed by atoms with Crippen LogP contribution in [0.15, 0.2) is 47.4 Å². The van der Waals surface area contributed by atoms with Crippen LogP contribution in [0.3, 0.4) is 0 Å². The summed E-state index contributed by atoms with van der Waals surface area (Å²) in [5.41, 5.74) is 0.598. The summed E-state index contributed by atoms with van der Waals surface area (Å²) in [5.74, 6) is -1.59. The highest BCUT2D eigenvalue weighted by atomic mass is 32.2. The van der Waals surface area contributed by atoms with Gasteiger partial charge in [-0.15, -0.1) is 0 Å². The Morgan fingerprint density at radius 1 is 1.29 bits per heavy atom. The molecule has 0 spiro atoms. The monoisotopic (exact) mass is 486 g/mol. The number of rotatable bonds is 7. The first-order valence-electron chi connectivity index (χ1n) is 10.7. The maximum Gasteiger partial charge on any atom is 0.309 e. The lowest BCUT2D eigenvalue weighted by atomic mass is 10.00. The van der Waals surface area contributed by atoms with Gasteiger partial charge in [0.2, 0.25) is 10.0 Å². The van der Waals surface area contributed by atoms with Crippen LogP contribution < -0.4 is 4.74 Å². The Morgan fingerprint density at radius 3 is 2.62 bits per heavy atom. The minimum atomic E-state index is -4.03. The van der Waals surface area contributed by atoms with Gasteiger partial charge in [-0.25, -0.2) is 12.8 Å². The van der Waals surface area contributed by atoms with Crippen LogP contribution >= 0.6 is 0 Å². The van der Waals surface area contributed by atoms with Crippen LogP contribution in [0.2, 0.25) is 0 Å². The third kappa shape index (κ3) is 4.10. The number of ether oxygens (including phenoxy) is 1. The second kappa shape index (κ2) is 9.04. The van der Waals surface area contributed by atoms with Crippen molar-refractivity contribution in [2.24, 2.45) is 5.92 Å². The van der Waals surface area contributed by atoms with Crippen LogP contribution in [-0.4, -0.2) is 52.8 Å². The Hall–Kier alpha value is -3.49. The summed E-state index contributed by atoms with van der Waals surface area (Å²) in [6, 6.07) is 10.4. The summed E-state index contributed by atoms with van der Waals surface area (Å²) in [5, 5.41) is 24.0. The zero-order valence-electron chi connectivity index (χ0n) is 18.6. The van der Waals surface area contributed by atoms with E-state index >= 15 is 0 Å². The van der Waals surface area contributed by atoms with Crippen molar-refractivity contribution in [2.45, 2.75) is 37.2 Å². The molecular weight excluding hydrogens is 463 g/mol. The first-order chi connectivity index (χ1) is 16.2. The number of benzene rings is 2. The highest BCUT2D eigenvalue weighted by Gasteiger charge is 2.47. The number of fused-ring (bicyclic) bond motifs is 1. The Kier molecular flexibility index (Phi) is 6.29. The number of aromatic nitrogens is 2. The SMILES string of the molecule is CCOc1ccc(S(=O)(=O)N2C[C@H](n3nc(CC(=O)O)c4ccc(F)cc43)[C@H](C)[C@@H]2C#N)cc1. The maximum absolute atomic E-state index is 14.1. The fraction of sp³-hybridized carbons (Fsp3) is 0.348. The van der Waals surface area contributed by atoms with Crippen molar-refractivity contribution in [1.29, 1.82) is 5.26 Å². The van der Waals surface area contributed by atoms with Gasteiger partial charge in [-0.3, -0.25) is 9.48 Å². The topological polar surface area (TPSA) is 126 Å². The van der Waals surface area contributed by atoms with Crippen LogP contribution in [-0.2, 0) is 21.2 Å². The number of nitriles is 1. The Labute approximate surface area is 196 Å². The van der Waals surface area contributed by atoms with E-state index in [0.29, 0.717) is 23.3 Å². The summed E-state index contributed by atoms with van der Waals surface area (Å²) in [6.45, 7) is 3.92. The van der Waals surface area contributed by atoms with E-state index in [1.807, 2.05) is 6.92 Å². The molecule has 1 aliphatic rings. The zero-order chi connectivity index (χ0) is 24.6. The number of hydrogen-bond donors (Lipinski definition) is 1. The standard InChI is InChI=1S/C23H23FN4O5S/c1-3-33-16-5-7-17(8-6-16)34(31,32)27-13-22(14(2)21(27)12-25)28-20-10-15(24)4-9-18(20)19(26-28)11-23(29)30/h4-10,14,21-22H,3,11,13H2,1-2H3,(H,29,30)/t14-,21+,22+/m1/s1. The molecule has 0 unspecified atom stereocenters. The molecule has 1 fully saturated rings. The molecule has 2 heterocycles. The van der Waals surface area contributed by atoms with Crippen LogP contribution in [0.25, 0.3) is 10.9 Å². The van der Waals surface area contributed by atoms with E-state index in [4.69, 9.17) is 4.74 Å². The van der Waals surface area contributed by atoms with Gasteiger partial charge in [0.05, 0.1) is 41.2 Å². The minimum absolute atomic E-state index is 0.0204. The Morgan fingerprint density at radius 2 is 2.00 bits per heavy atom. The average molecular weight is 487 g/mol. The summed E-state index contributed by atoms with van der Waals surface area (Å²) >= 11 is 0. The van der Waals surface area contributed by atoms with Crippen LogP contribution in [0.5, 0.6) is 5.75 Å². The number of carbonyl (C=O) groups is 1. The zero-order valence-corrected chi connectivity index (χ0v) is 19.4. The van der Waals surface area contributed by atoms with Crippen LogP contribution in [0, 0.1) is 23.1 Å². The first-order valence-corrected chi connectivity index (χ1v) is 12.1. The number of halogens is 1. The Balaban J connectivity index is 1.75. The predicted octanol–water partition coefficient (Wildman–Crippen LogP) is 2.98. The molecule has 1 aliphatic heterocycles. The Bertz CT molecular complexity index is 1380. The van der Waals surface area contributed by atoms with E-state index in [0.717, 1.165) is 4.31 Å². The summed E-state index contributed by atoms with van der Waals surface area (Å²) < 4.78 is 48.9. The lowest BCUT2D eigenvalue weighted by Crippen LogP contribution is -2.36. The quantitative estimate of drug-likeness (QED) is 0.544. The molecule has 0 bridgehead atoms. The molecule has 1 N–H and O–H groups in total. The number of sulfonamides is 1. The fourth-order valence-corrected chi connectivity index (χ4v) is 6.02. The van der Waals surface area contributed by atoms with Crippen molar-refractivity contribution in [1.82, 2.24) is 14.1 Å². The van der Waals surface area contributed by atoms with E-state index in [2.05, 4.69) is 11.2 Å². The van der Waals surface area contributed by atoms with Gasteiger partial charge in [-0.1, -0.05) is 6.92 Å². The van der Waals surface area contributed by atoms with Crippen molar-refractivity contribution < 1.29 is 27.4 Å². The van der Waals surface area contributed by atoms with Gasteiger partial charge in [0, 0.05) is 17.8 Å². The van der Waals surface area contributed by atoms with Crippen LogP contribution in [0.1, 0.15) is 25.6 Å². The average Bonchev–Trinajstić information content (AvgIpc) is 3.31. The fourth-order valence-electron chi connectivity index (χ4n) is 4.38. The molecule has 0 radical (unpaired) electrons. The van der Waals surface area contributed by atoms with E-state index in [9.17, 15) is 28.0 Å². The first kappa shape index (κ1) is 23.7. The molecular formula is C23H23FN4O5S. The van der Waals surface area contributed by atoms with Crippen LogP contribution in [0.4, 0.5) is 4.39 Å². The smallest absolute Gasteiger partial charge is 0.309 e. The molecule has 3 aromatic rings. The van der Waals surface area contributed by atoms with Gasteiger partial charge in [0.25, 0.3) is 0 Å². The van der Waals surface area contributed by atoms with Gasteiger partial charge < -0.3 is 9.84 Å². The van der Waals surface area contributed by atoms with Gasteiger partial charge >= 0.3 is 5.97 Å². The van der Waals surface area contributed by atoms with Gasteiger partial charge in [-0.05, 0) is 49.4 Å². The van der Waals surface area contributed by atoms with Crippen molar-refractivity contribution in [2.75, 3.05) is 13.2 Å². The number of carboxylic acid groups (broad SMARTS) is 1. The second-order valence-corrected chi connectivity index (χ2v) is 9.99. The van der Waals surface area contributed by atoms with Gasteiger partial charge in [0.1, 0.15) is 17.6 Å². The van der Waals surface area contributed by atoms with E-state index < -0.39 is 39.8 Å². The minimum Gasteiger partial charge on any atom is -0.494 e. The summed E-state index contributed by atoms with van der Waals surface area (Å²) in [6.07, 6.45) is -0.369. The number of carboxylic acids is 1. The third-order valence-corrected chi connectivity index (χ3v) is 7.90. The normalized spacial score (nSPS) is 20.9. The largest absolute Gasteiger partial charge is 0.494 e. The molecule has 3 atom stereocenters. The lowest BCUT2D eigenvalue weighted by Gasteiger charge is -2.20. The van der Waals surface area contributed by atoms with E-state index in [-0.39, 0.29) is 23.6 Å². The highest BCUT2D eigenvalue weighted by Crippen LogP contribution is 2.39. The number of nitrogens with zero attached hydrogens (tertiary/aromatic N) is 4. The van der Waals surface area contributed by atoms with Gasteiger partial charge in [-0.2, -0.15) is 14.7 Å². The molecule has 178 valence electrons. The summed E-state index contributed by atoms with van der Waals surface area (Å²) in [7, 11) is -4.03. The second-order valence-electron chi connectivity index (χ2n) is 8.10. The van der Waals surface area contributed by atoms with Crippen molar-refractivity contribution in [3.8, 4) is 11.8 Å². The molecule has 1 aromatic heterocycles. The molecule has 1 saturated heterocycles. The van der Waals surface area contributed by atoms with Crippen molar-refractivity contribution >= 4 is 26.9 Å². The molecule has 11 heteroatoms. The summed E-state index contributed by atoms with van der Waals surface area (Å²) in [4.78, 5) is 11.3. The van der Waals surface area contributed by atoms with E-state index in [1.54, 1.807) is 19.1 Å². The lowest BCUT2D eigenvalue weighted by molar-refractivity contribution is -0.136. The van der Waals surface area contributed by atoms with Gasteiger partial charge in [0.15, 0.2) is 0 Å². The van der Waals surface area contributed by atoms with E-state index in [1.165, 1.54) is 35.0 Å². The molecule has 34 heavy (non-hydrogen) atoms. The molecule has 0 aliphatic carbocycles. The molecule has 4 rings (SSSR count). The number of aliphatic carboxylic acids is 1. The highest BCUT2D eigenvalue weighted by molar-refractivity contribution is 7.89. The predicted molar refractivity (Wildman–Crippen MR) is 120 cm³/mol. The molecule has 9 nitrogen and oxygen atoms in total. The molecule has 2 aromatic carbocycles. The number of hydrogen-bond acceptors (Lipinski definition) is 6. The van der Waals surface area contributed by atoms with Crippen molar-refractivity contribution in [3.63, 3.8) is 0 Å². The maximum atomic E-state index is 14.1. The molecule has 0 amide bonds. The molecule has 0 saturated carbocycles. The third-order valence-electron chi connectivity index (χ3n) is 6.03. The van der Waals surface area contributed by atoms with Crippen molar-refractivity contribution in [3.05, 3.63) is 54.0 Å².